The van der Waals surface area contributed by atoms with Crippen molar-refractivity contribution in [3.63, 3.8) is 0 Å². The predicted molar refractivity (Wildman–Crippen MR) is 119 cm³/mol. The number of hydrogen-bond acceptors (Lipinski definition) is 7. The van der Waals surface area contributed by atoms with Crippen LogP contribution in [0.1, 0.15) is 21.0 Å². The minimum Gasteiger partial charge on any atom is -0.459 e. The van der Waals surface area contributed by atoms with Crippen molar-refractivity contribution < 1.29 is 14.0 Å². The van der Waals surface area contributed by atoms with E-state index in [0.29, 0.717) is 11.4 Å². The van der Waals surface area contributed by atoms with Gasteiger partial charge in [0, 0.05) is 21.6 Å². The molecule has 9 heteroatoms. The van der Waals surface area contributed by atoms with Gasteiger partial charge in [0.15, 0.2) is 5.76 Å². The number of thiophene rings is 1. The Morgan fingerprint density at radius 1 is 1.07 bits per heavy atom. The summed E-state index contributed by atoms with van der Waals surface area (Å²) in [7, 11) is 0. The number of hydrogen-bond donors (Lipinski definition) is 2. The third kappa shape index (κ3) is 4.37. The maximum Gasteiger partial charge on any atom is 0.291 e. The molecule has 2 amide bonds. The number of thioether (sulfide) groups is 1. The van der Waals surface area contributed by atoms with Crippen LogP contribution in [0.25, 0.3) is 10.2 Å². The van der Waals surface area contributed by atoms with E-state index >= 15 is 0 Å². The lowest BCUT2D eigenvalue weighted by Gasteiger charge is -2.08. The summed E-state index contributed by atoms with van der Waals surface area (Å²) in [6.07, 6.45) is 2.98. The van der Waals surface area contributed by atoms with E-state index in [1.165, 1.54) is 29.2 Å². The van der Waals surface area contributed by atoms with Crippen LogP contribution in [0.15, 0.2) is 58.4 Å². The zero-order valence-corrected chi connectivity index (χ0v) is 17.9. The van der Waals surface area contributed by atoms with Crippen LogP contribution in [-0.4, -0.2) is 27.5 Å². The summed E-state index contributed by atoms with van der Waals surface area (Å²) in [6, 6.07) is 10.1. The van der Waals surface area contributed by atoms with Gasteiger partial charge in [0.25, 0.3) is 5.91 Å². The third-order valence-electron chi connectivity index (χ3n) is 4.44. The topological polar surface area (TPSA) is 97.1 Å². The number of anilines is 2. The van der Waals surface area contributed by atoms with Crippen molar-refractivity contribution in [1.82, 2.24) is 9.97 Å². The average Bonchev–Trinajstić information content (AvgIpc) is 3.37. The van der Waals surface area contributed by atoms with Crippen molar-refractivity contribution >= 4 is 56.5 Å². The van der Waals surface area contributed by atoms with E-state index in [1.54, 1.807) is 47.7 Å². The first kappa shape index (κ1) is 20.1. The van der Waals surface area contributed by atoms with Crippen LogP contribution in [-0.2, 0) is 4.79 Å². The minimum atomic E-state index is -0.330. The lowest BCUT2D eigenvalue weighted by molar-refractivity contribution is -0.113. The van der Waals surface area contributed by atoms with Crippen molar-refractivity contribution in [2.75, 3.05) is 16.4 Å². The minimum absolute atomic E-state index is 0.135. The van der Waals surface area contributed by atoms with Gasteiger partial charge in [0.1, 0.15) is 16.2 Å². The van der Waals surface area contributed by atoms with Crippen LogP contribution in [0.4, 0.5) is 11.4 Å². The number of rotatable bonds is 6. The zero-order valence-electron chi connectivity index (χ0n) is 16.3. The number of nitrogens with zero attached hydrogens (tertiary/aromatic N) is 2. The summed E-state index contributed by atoms with van der Waals surface area (Å²) >= 11 is 3.02. The molecule has 4 aromatic rings. The van der Waals surface area contributed by atoms with Gasteiger partial charge < -0.3 is 15.1 Å². The molecule has 0 atom stereocenters. The highest BCUT2D eigenvalue weighted by molar-refractivity contribution is 8.00. The molecule has 0 fully saturated rings. The van der Waals surface area contributed by atoms with E-state index < -0.39 is 0 Å². The van der Waals surface area contributed by atoms with Gasteiger partial charge in [-0.1, -0.05) is 11.8 Å². The van der Waals surface area contributed by atoms with Crippen LogP contribution in [0, 0.1) is 13.8 Å². The molecule has 4 rings (SSSR count). The number of benzene rings is 1. The Balaban J connectivity index is 1.35. The van der Waals surface area contributed by atoms with Crippen molar-refractivity contribution in [3.05, 3.63) is 65.2 Å². The van der Waals surface area contributed by atoms with Gasteiger partial charge in [-0.05, 0) is 55.8 Å². The van der Waals surface area contributed by atoms with Gasteiger partial charge in [0.2, 0.25) is 5.91 Å². The molecule has 0 saturated carbocycles. The summed E-state index contributed by atoms with van der Waals surface area (Å²) in [5.41, 5.74) is 2.41. The predicted octanol–water partition coefficient (Wildman–Crippen LogP) is 4.88. The molecule has 0 spiro atoms. The Bertz CT molecular complexity index is 1200. The molecule has 2 N–H and O–H groups in total. The average molecular weight is 439 g/mol. The van der Waals surface area contributed by atoms with E-state index in [4.69, 9.17) is 4.42 Å². The quantitative estimate of drug-likeness (QED) is 0.329. The molecular formula is C21H18N4O3S2. The highest BCUT2D eigenvalue weighted by Gasteiger charge is 2.14. The Hall–Kier alpha value is -3.17. The normalized spacial score (nSPS) is 10.9. The van der Waals surface area contributed by atoms with Crippen molar-refractivity contribution in [3.8, 4) is 0 Å². The molecule has 1 aromatic carbocycles. The molecule has 0 bridgehead atoms. The SMILES string of the molecule is Cc1sc2ncnc(SCC(=O)Nc3ccc(NC(=O)c4ccco4)cc3)c2c1C. The van der Waals surface area contributed by atoms with E-state index in [9.17, 15) is 9.59 Å². The first-order valence-electron chi connectivity index (χ1n) is 9.09. The first-order chi connectivity index (χ1) is 14.5. The number of amides is 2. The zero-order chi connectivity index (χ0) is 21.1. The van der Waals surface area contributed by atoms with Crippen molar-refractivity contribution in [2.45, 2.75) is 18.9 Å². The summed E-state index contributed by atoms with van der Waals surface area (Å²) in [4.78, 5) is 35.2. The molecule has 3 aromatic heterocycles. The maximum atomic E-state index is 12.4. The molecule has 0 aliphatic carbocycles. The number of aryl methyl sites for hydroxylation is 2. The molecule has 0 radical (unpaired) electrons. The lowest BCUT2D eigenvalue weighted by Crippen LogP contribution is -2.14. The van der Waals surface area contributed by atoms with E-state index in [0.717, 1.165) is 20.8 Å². The molecule has 0 unspecified atom stereocenters. The van der Waals surface area contributed by atoms with Crippen molar-refractivity contribution in [2.24, 2.45) is 0 Å². The van der Waals surface area contributed by atoms with Gasteiger partial charge in [0.05, 0.1) is 12.0 Å². The molecule has 0 saturated heterocycles. The summed E-state index contributed by atoms with van der Waals surface area (Å²) in [5, 5.41) is 7.43. The number of carbonyl (C=O) groups excluding carboxylic acids is 2. The maximum absolute atomic E-state index is 12.4. The second-order valence-electron chi connectivity index (χ2n) is 6.49. The van der Waals surface area contributed by atoms with Gasteiger partial charge in [-0.25, -0.2) is 9.97 Å². The number of carbonyl (C=O) groups is 2. The number of furan rings is 1. The van der Waals surface area contributed by atoms with E-state index in [1.807, 2.05) is 6.92 Å². The van der Waals surface area contributed by atoms with Crippen LogP contribution in [0.2, 0.25) is 0 Å². The monoisotopic (exact) mass is 438 g/mol. The smallest absolute Gasteiger partial charge is 0.291 e. The van der Waals surface area contributed by atoms with Crippen molar-refractivity contribution in [1.29, 1.82) is 0 Å². The number of fused-ring (bicyclic) bond motifs is 1. The van der Waals surface area contributed by atoms with E-state index in [2.05, 4.69) is 27.5 Å². The van der Waals surface area contributed by atoms with Crippen LogP contribution < -0.4 is 10.6 Å². The van der Waals surface area contributed by atoms with E-state index in [-0.39, 0.29) is 23.3 Å². The fourth-order valence-corrected chi connectivity index (χ4v) is 4.75. The summed E-state index contributed by atoms with van der Waals surface area (Å²) in [6.45, 7) is 4.11. The Morgan fingerprint density at radius 3 is 2.50 bits per heavy atom. The molecule has 152 valence electrons. The van der Waals surface area contributed by atoms with Crippen LogP contribution in [0.5, 0.6) is 0 Å². The van der Waals surface area contributed by atoms with Gasteiger partial charge in [-0.2, -0.15) is 0 Å². The standard InChI is InChI=1S/C21H18N4O3S2/c1-12-13(2)30-21-18(12)20(22-11-23-21)29-10-17(26)24-14-5-7-15(8-6-14)25-19(27)16-4-3-9-28-16/h3-9,11H,10H2,1-2H3,(H,24,26)(H,25,27). The second-order valence-corrected chi connectivity index (χ2v) is 8.66. The first-order valence-corrected chi connectivity index (χ1v) is 10.9. The Morgan fingerprint density at radius 2 is 1.80 bits per heavy atom. The van der Waals surface area contributed by atoms with Gasteiger partial charge in [-0.3, -0.25) is 9.59 Å². The molecule has 0 aliphatic rings. The fourth-order valence-electron chi connectivity index (χ4n) is 2.83. The van der Waals surface area contributed by atoms with Gasteiger partial charge in [-0.15, -0.1) is 11.3 Å². The molecule has 30 heavy (non-hydrogen) atoms. The Kier molecular flexibility index (Phi) is 5.82. The largest absolute Gasteiger partial charge is 0.459 e. The third-order valence-corrected chi connectivity index (χ3v) is 6.55. The Labute approximate surface area is 180 Å². The molecule has 3 heterocycles. The number of nitrogens with one attached hydrogen (secondary N) is 2. The number of aromatic nitrogens is 2. The lowest BCUT2D eigenvalue weighted by atomic mass is 10.2. The highest BCUT2D eigenvalue weighted by Crippen LogP contribution is 2.34. The van der Waals surface area contributed by atoms with Crippen LogP contribution in [0.3, 0.4) is 0 Å². The second kappa shape index (κ2) is 8.68. The summed E-state index contributed by atoms with van der Waals surface area (Å²) in [5.74, 6) is 0.00332. The highest BCUT2D eigenvalue weighted by atomic mass is 32.2. The summed E-state index contributed by atoms with van der Waals surface area (Å²) < 4.78 is 5.06. The fraction of sp³-hybridized carbons (Fsp3) is 0.143. The van der Waals surface area contributed by atoms with Gasteiger partial charge >= 0.3 is 0 Å². The van der Waals surface area contributed by atoms with Crippen LogP contribution >= 0.6 is 23.1 Å². The molecule has 7 nitrogen and oxygen atoms in total. The molecule has 0 aliphatic heterocycles. The molecular weight excluding hydrogens is 420 g/mol.